The molecule has 0 heterocycles. The molecule has 0 aliphatic heterocycles. The van der Waals surface area contributed by atoms with Gasteiger partial charge >= 0.3 is 0 Å². The van der Waals surface area contributed by atoms with Crippen LogP contribution in [-0.4, -0.2) is 11.1 Å². The minimum absolute atomic E-state index is 0.0749. The van der Waals surface area contributed by atoms with Crippen molar-refractivity contribution in [2.75, 3.05) is 0 Å². The van der Waals surface area contributed by atoms with E-state index in [1.54, 1.807) is 6.92 Å². The SMILES string of the molecule is Cc1cc(F)c(C2(C(C)N)CC2)cc1O. The van der Waals surface area contributed by atoms with Gasteiger partial charge in [-0.1, -0.05) is 0 Å². The summed E-state index contributed by atoms with van der Waals surface area (Å²) in [5.74, 6) is -0.0987. The van der Waals surface area contributed by atoms with Gasteiger partial charge in [-0.2, -0.15) is 0 Å². The molecule has 1 aliphatic carbocycles. The summed E-state index contributed by atoms with van der Waals surface area (Å²) in [7, 11) is 0. The van der Waals surface area contributed by atoms with Gasteiger partial charge in [-0.3, -0.25) is 0 Å². The third-order valence-corrected chi connectivity index (χ3v) is 3.48. The summed E-state index contributed by atoms with van der Waals surface area (Å²) >= 11 is 0. The van der Waals surface area contributed by atoms with Crippen molar-refractivity contribution in [3.8, 4) is 5.75 Å². The molecule has 0 aromatic heterocycles. The predicted octanol–water partition coefficient (Wildman–Crippen LogP) is 2.22. The molecule has 2 rings (SSSR count). The van der Waals surface area contributed by atoms with Crippen LogP contribution in [-0.2, 0) is 5.41 Å². The molecule has 0 radical (unpaired) electrons. The fourth-order valence-corrected chi connectivity index (χ4v) is 2.15. The van der Waals surface area contributed by atoms with Gasteiger partial charge in [0, 0.05) is 11.5 Å². The van der Waals surface area contributed by atoms with Gasteiger partial charge in [0.25, 0.3) is 0 Å². The number of rotatable bonds is 2. The van der Waals surface area contributed by atoms with Crippen molar-refractivity contribution in [1.82, 2.24) is 0 Å². The predicted molar refractivity (Wildman–Crippen MR) is 57.4 cm³/mol. The Morgan fingerprint density at radius 2 is 2.07 bits per heavy atom. The molecule has 1 aromatic carbocycles. The lowest BCUT2D eigenvalue weighted by molar-refractivity contribution is 0.458. The summed E-state index contributed by atoms with van der Waals surface area (Å²) in [4.78, 5) is 0. The highest BCUT2D eigenvalue weighted by Gasteiger charge is 2.49. The Hall–Kier alpha value is -1.09. The second kappa shape index (κ2) is 3.20. The van der Waals surface area contributed by atoms with Gasteiger partial charge < -0.3 is 10.8 Å². The number of phenolic OH excluding ortho intramolecular Hbond substituents is 1. The summed E-state index contributed by atoms with van der Waals surface area (Å²) in [5, 5.41) is 9.59. The number of hydrogen-bond donors (Lipinski definition) is 2. The highest BCUT2D eigenvalue weighted by Crippen LogP contribution is 2.51. The van der Waals surface area contributed by atoms with Crippen molar-refractivity contribution in [2.45, 2.75) is 38.1 Å². The van der Waals surface area contributed by atoms with E-state index in [9.17, 15) is 9.50 Å². The van der Waals surface area contributed by atoms with Crippen LogP contribution in [0, 0.1) is 12.7 Å². The van der Waals surface area contributed by atoms with E-state index in [1.165, 1.54) is 12.1 Å². The molecule has 0 bridgehead atoms. The molecule has 1 aliphatic rings. The Balaban J connectivity index is 2.49. The van der Waals surface area contributed by atoms with Crippen molar-refractivity contribution in [2.24, 2.45) is 5.73 Å². The molecule has 15 heavy (non-hydrogen) atoms. The average molecular weight is 209 g/mol. The number of aryl methyl sites for hydroxylation is 1. The molecule has 1 aromatic rings. The average Bonchev–Trinajstić information content (AvgIpc) is 2.92. The van der Waals surface area contributed by atoms with Crippen LogP contribution in [0.2, 0.25) is 0 Å². The van der Waals surface area contributed by atoms with Crippen molar-refractivity contribution in [3.05, 3.63) is 29.1 Å². The van der Waals surface area contributed by atoms with Gasteiger partial charge in [0.15, 0.2) is 0 Å². The van der Waals surface area contributed by atoms with Gasteiger partial charge in [-0.05, 0) is 49.9 Å². The monoisotopic (exact) mass is 209 g/mol. The molecule has 2 nitrogen and oxygen atoms in total. The van der Waals surface area contributed by atoms with E-state index in [0.717, 1.165) is 12.8 Å². The van der Waals surface area contributed by atoms with Gasteiger partial charge in [-0.25, -0.2) is 4.39 Å². The molecule has 82 valence electrons. The van der Waals surface area contributed by atoms with Crippen LogP contribution in [0.3, 0.4) is 0 Å². The van der Waals surface area contributed by atoms with E-state index >= 15 is 0 Å². The number of nitrogens with two attached hydrogens (primary N) is 1. The highest BCUT2D eigenvalue weighted by atomic mass is 19.1. The van der Waals surface area contributed by atoms with Gasteiger partial charge in [0.05, 0.1) is 0 Å². The summed E-state index contributed by atoms with van der Waals surface area (Å²) in [5.41, 5.74) is 6.77. The fourth-order valence-electron chi connectivity index (χ4n) is 2.15. The van der Waals surface area contributed by atoms with Crippen LogP contribution in [0.5, 0.6) is 5.75 Å². The number of halogens is 1. The van der Waals surface area contributed by atoms with Crippen LogP contribution in [0.1, 0.15) is 30.9 Å². The third kappa shape index (κ3) is 1.51. The van der Waals surface area contributed by atoms with Crippen molar-refractivity contribution < 1.29 is 9.50 Å². The largest absolute Gasteiger partial charge is 0.508 e. The van der Waals surface area contributed by atoms with E-state index in [4.69, 9.17) is 5.73 Å². The lowest BCUT2D eigenvalue weighted by Gasteiger charge is -2.21. The zero-order valence-corrected chi connectivity index (χ0v) is 9.05. The van der Waals surface area contributed by atoms with Crippen LogP contribution in [0.4, 0.5) is 4.39 Å². The van der Waals surface area contributed by atoms with Crippen LogP contribution >= 0.6 is 0 Å². The minimum atomic E-state index is -0.250. The van der Waals surface area contributed by atoms with Gasteiger partial charge in [0.2, 0.25) is 0 Å². The van der Waals surface area contributed by atoms with Crippen molar-refractivity contribution in [1.29, 1.82) is 0 Å². The molecule has 0 spiro atoms. The van der Waals surface area contributed by atoms with Crippen molar-refractivity contribution in [3.63, 3.8) is 0 Å². The molecular weight excluding hydrogens is 193 g/mol. The maximum atomic E-state index is 13.8. The maximum absolute atomic E-state index is 13.8. The van der Waals surface area contributed by atoms with E-state index < -0.39 is 0 Å². The van der Waals surface area contributed by atoms with Crippen LogP contribution in [0.25, 0.3) is 0 Å². The Morgan fingerprint density at radius 1 is 1.47 bits per heavy atom. The Morgan fingerprint density at radius 3 is 2.53 bits per heavy atom. The Labute approximate surface area is 88.9 Å². The van der Waals surface area contributed by atoms with Gasteiger partial charge in [-0.15, -0.1) is 0 Å². The third-order valence-electron chi connectivity index (χ3n) is 3.48. The molecular formula is C12H16FNO. The smallest absolute Gasteiger partial charge is 0.127 e. The van der Waals surface area contributed by atoms with E-state index in [-0.39, 0.29) is 23.0 Å². The molecule has 1 saturated carbocycles. The lowest BCUT2D eigenvalue weighted by Crippen LogP contribution is -2.32. The quantitative estimate of drug-likeness (QED) is 0.784. The second-order valence-electron chi connectivity index (χ2n) is 4.56. The molecule has 0 saturated heterocycles. The van der Waals surface area contributed by atoms with E-state index in [0.29, 0.717) is 11.1 Å². The molecule has 0 amide bonds. The first-order valence-electron chi connectivity index (χ1n) is 5.22. The Bertz CT molecular complexity index is 397. The number of hydrogen-bond acceptors (Lipinski definition) is 2. The summed E-state index contributed by atoms with van der Waals surface area (Å²) in [6.45, 7) is 3.58. The number of benzene rings is 1. The van der Waals surface area contributed by atoms with Crippen LogP contribution < -0.4 is 5.73 Å². The first kappa shape index (κ1) is 10.4. The van der Waals surface area contributed by atoms with E-state index in [1.807, 2.05) is 6.92 Å². The van der Waals surface area contributed by atoms with E-state index in [2.05, 4.69) is 0 Å². The minimum Gasteiger partial charge on any atom is -0.508 e. The zero-order chi connectivity index (χ0) is 11.2. The standard InChI is InChI=1S/C12H16FNO/c1-7-5-10(13)9(6-11(7)15)12(3-4-12)8(2)14/h5-6,8,15H,3-4,14H2,1-2H3. The van der Waals surface area contributed by atoms with Gasteiger partial charge in [0.1, 0.15) is 11.6 Å². The summed E-state index contributed by atoms with van der Waals surface area (Å²) < 4.78 is 13.8. The highest BCUT2D eigenvalue weighted by molar-refractivity contribution is 5.43. The zero-order valence-electron chi connectivity index (χ0n) is 9.05. The first-order chi connectivity index (χ1) is 6.97. The molecule has 3 heteroatoms. The summed E-state index contributed by atoms with van der Waals surface area (Å²) in [6, 6.07) is 2.84. The van der Waals surface area contributed by atoms with Crippen molar-refractivity contribution >= 4 is 0 Å². The first-order valence-corrected chi connectivity index (χ1v) is 5.22. The van der Waals surface area contributed by atoms with Crippen LogP contribution in [0.15, 0.2) is 12.1 Å². The Kier molecular flexibility index (Phi) is 2.23. The lowest BCUT2D eigenvalue weighted by atomic mass is 9.88. The number of phenols is 1. The summed E-state index contributed by atoms with van der Waals surface area (Å²) in [6.07, 6.45) is 1.81. The molecule has 1 unspecified atom stereocenters. The normalized spacial score (nSPS) is 20.0. The molecule has 1 atom stereocenters. The maximum Gasteiger partial charge on any atom is 0.127 e. The fraction of sp³-hybridized carbons (Fsp3) is 0.500. The molecule has 3 N–H and O–H groups in total. The number of aromatic hydroxyl groups is 1. The molecule has 1 fully saturated rings. The second-order valence-corrected chi connectivity index (χ2v) is 4.56. The topological polar surface area (TPSA) is 46.2 Å².